The number of nitrogens with zero attached hydrogens (tertiary/aromatic N) is 2. The van der Waals surface area contributed by atoms with Crippen molar-refractivity contribution in [2.24, 2.45) is 4.99 Å². The van der Waals surface area contributed by atoms with Gasteiger partial charge in [-0.2, -0.15) is 0 Å². The Bertz CT molecular complexity index is 1650. The quantitative estimate of drug-likeness (QED) is 0.327. The van der Waals surface area contributed by atoms with Gasteiger partial charge < -0.3 is 9.47 Å². The van der Waals surface area contributed by atoms with E-state index in [1.54, 1.807) is 25.3 Å². The molecule has 192 valence electrons. The molecule has 0 fully saturated rings. The first-order chi connectivity index (χ1) is 18.4. The summed E-state index contributed by atoms with van der Waals surface area (Å²) in [7, 11) is 0. The topological polar surface area (TPSA) is 69.9 Å². The predicted octanol–water partition coefficient (Wildman–Crippen LogP) is 4.77. The molecule has 1 aliphatic rings. The van der Waals surface area contributed by atoms with Crippen LogP contribution in [0.1, 0.15) is 43.5 Å². The summed E-state index contributed by atoms with van der Waals surface area (Å²) in [5, 5.41) is 0. The zero-order valence-electron chi connectivity index (χ0n) is 21.5. The van der Waals surface area contributed by atoms with Crippen LogP contribution in [-0.2, 0) is 16.1 Å². The van der Waals surface area contributed by atoms with Crippen LogP contribution in [0.4, 0.5) is 0 Å². The number of hydrogen-bond acceptors (Lipinski definition) is 6. The first kappa shape index (κ1) is 25.4. The number of benzene rings is 3. The molecule has 0 saturated heterocycles. The fourth-order valence-corrected chi connectivity index (χ4v) is 5.41. The van der Waals surface area contributed by atoms with Crippen molar-refractivity contribution in [3.63, 3.8) is 0 Å². The number of hydrogen-bond donors (Lipinski definition) is 0. The third kappa shape index (κ3) is 5.38. The first-order valence-corrected chi connectivity index (χ1v) is 13.3. The maximum Gasteiger partial charge on any atom is 0.338 e. The van der Waals surface area contributed by atoms with Gasteiger partial charge in [0.1, 0.15) is 12.4 Å². The van der Waals surface area contributed by atoms with Crippen molar-refractivity contribution in [3.05, 3.63) is 133 Å². The zero-order chi connectivity index (χ0) is 26.6. The smallest absolute Gasteiger partial charge is 0.338 e. The van der Waals surface area contributed by atoms with E-state index in [1.165, 1.54) is 11.3 Å². The first-order valence-electron chi connectivity index (χ1n) is 12.5. The van der Waals surface area contributed by atoms with Gasteiger partial charge in [-0.3, -0.25) is 9.36 Å². The van der Waals surface area contributed by atoms with Gasteiger partial charge in [0, 0.05) is 0 Å². The second kappa shape index (κ2) is 11.0. The van der Waals surface area contributed by atoms with E-state index in [0.29, 0.717) is 27.2 Å². The van der Waals surface area contributed by atoms with Gasteiger partial charge in [0.15, 0.2) is 4.80 Å². The second-order valence-corrected chi connectivity index (χ2v) is 10.3. The van der Waals surface area contributed by atoms with Gasteiger partial charge in [-0.15, -0.1) is 0 Å². The highest BCUT2D eigenvalue weighted by Gasteiger charge is 2.33. The molecule has 5 rings (SSSR count). The number of allylic oxidation sites excluding steroid dienone is 1. The molecule has 0 spiro atoms. The summed E-state index contributed by atoms with van der Waals surface area (Å²) in [5.74, 6) is 0.288. The summed E-state index contributed by atoms with van der Waals surface area (Å²) < 4.78 is 13.6. The Morgan fingerprint density at radius 1 is 1.00 bits per heavy atom. The van der Waals surface area contributed by atoms with Crippen molar-refractivity contribution in [1.29, 1.82) is 0 Å². The number of aromatic nitrogens is 1. The van der Waals surface area contributed by atoms with Crippen LogP contribution in [0.25, 0.3) is 6.08 Å². The highest BCUT2D eigenvalue weighted by molar-refractivity contribution is 7.07. The minimum Gasteiger partial charge on any atom is -0.489 e. The molecule has 2 heterocycles. The minimum absolute atomic E-state index is 0.200. The van der Waals surface area contributed by atoms with Gasteiger partial charge in [-0.1, -0.05) is 84.1 Å². The SMILES string of the molecule is CC1=C(C(=O)OC(C)C)C(c2ccccc2)n2c(sc(=Cc3ccc(OCc4ccccc4)cc3)c2=O)=N1. The lowest BCUT2D eigenvalue weighted by atomic mass is 9.96. The molecule has 0 N–H and O–H groups in total. The maximum atomic E-state index is 13.7. The Balaban J connectivity index is 1.50. The molecule has 1 aliphatic heterocycles. The van der Waals surface area contributed by atoms with Gasteiger partial charge in [-0.25, -0.2) is 9.79 Å². The third-order valence-corrected chi connectivity index (χ3v) is 7.11. The fraction of sp³-hybridized carbons (Fsp3) is 0.194. The van der Waals surface area contributed by atoms with Crippen LogP contribution in [0.15, 0.2) is 106 Å². The summed E-state index contributed by atoms with van der Waals surface area (Å²) in [5.41, 5.74) is 3.52. The van der Waals surface area contributed by atoms with E-state index in [0.717, 1.165) is 22.4 Å². The van der Waals surface area contributed by atoms with Crippen LogP contribution in [0.5, 0.6) is 5.75 Å². The molecule has 0 amide bonds. The van der Waals surface area contributed by atoms with Crippen LogP contribution in [0.2, 0.25) is 0 Å². The van der Waals surface area contributed by atoms with Crippen molar-refractivity contribution < 1.29 is 14.3 Å². The normalized spacial score (nSPS) is 15.3. The highest BCUT2D eigenvalue weighted by Crippen LogP contribution is 2.30. The molecule has 38 heavy (non-hydrogen) atoms. The van der Waals surface area contributed by atoms with Crippen LogP contribution in [0.3, 0.4) is 0 Å². The van der Waals surface area contributed by atoms with Crippen LogP contribution < -0.4 is 19.6 Å². The van der Waals surface area contributed by atoms with E-state index in [9.17, 15) is 9.59 Å². The summed E-state index contributed by atoms with van der Waals surface area (Å²) in [6, 6.07) is 26.5. The molecule has 1 atom stereocenters. The molecule has 1 unspecified atom stereocenters. The molecule has 6 nitrogen and oxygen atoms in total. The van der Waals surface area contributed by atoms with Gasteiger partial charge in [0.25, 0.3) is 5.56 Å². The van der Waals surface area contributed by atoms with Gasteiger partial charge >= 0.3 is 5.97 Å². The molecule has 0 radical (unpaired) electrons. The van der Waals surface area contributed by atoms with Gasteiger partial charge in [0.2, 0.25) is 0 Å². The molecular weight excluding hydrogens is 496 g/mol. The van der Waals surface area contributed by atoms with Crippen LogP contribution in [0, 0.1) is 0 Å². The number of fused-ring (bicyclic) bond motifs is 1. The Morgan fingerprint density at radius 3 is 2.32 bits per heavy atom. The van der Waals surface area contributed by atoms with Gasteiger partial charge in [0.05, 0.1) is 27.9 Å². The van der Waals surface area contributed by atoms with Gasteiger partial charge in [-0.05, 0) is 55.7 Å². The van der Waals surface area contributed by atoms with Crippen LogP contribution in [-0.4, -0.2) is 16.6 Å². The number of carbonyl (C=O) groups excluding carboxylic acids is 1. The zero-order valence-corrected chi connectivity index (χ0v) is 22.3. The largest absolute Gasteiger partial charge is 0.489 e. The van der Waals surface area contributed by atoms with E-state index in [2.05, 4.69) is 4.99 Å². The molecule has 0 bridgehead atoms. The number of carbonyl (C=O) groups is 1. The molecule has 1 aromatic heterocycles. The minimum atomic E-state index is -0.616. The van der Waals surface area contributed by atoms with E-state index in [1.807, 2.05) is 91.0 Å². The van der Waals surface area contributed by atoms with E-state index < -0.39 is 12.0 Å². The molecule has 7 heteroatoms. The van der Waals surface area contributed by atoms with Crippen molar-refractivity contribution in [1.82, 2.24) is 4.57 Å². The molecule has 0 saturated carbocycles. The monoisotopic (exact) mass is 524 g/mol. The fourth-order valence-electron chi connectivity index (χ4n) is 4.36. The second-order valence-electron chi connectivity index (χ2n) is 9.29. The average molecular weight is 525 g/mol. The number of ether oxygens (including phenoxy) is 2. The Morgan fingerprint density at radius 2 is 1.66 bits per heavy atom. The summed E-state index contributed by atoms with van der Waals surface area (Å²) >= 11 is 1.31. The average Bonchev–Trinajstić information content (AvgIpc) is 3.22. The lowest BCUT2D eigenvalue weighted by molar-refractivity contribution is -0.143. The van der Waals surface area contributed by atoms with Crippen LogP contribution >= 0.6 is 11.3 Å². The van der Waals surface area contributed by atoms with Crippen molar-refractivity contribution in [3.8, 4) is 5.75 Å². The third-order valence-electron chi connectivity index (χ3n) is 6.13. The molecule has 3 aromatic carbocycles. The molecular formula is C31H28N2O4S. The predicted molar refractivity (Wildman–Crippen MR) is 149 cm³/mol. The van der Waals surface area contributed by atoms with Crippen molar-refractivity contribution >= 4 is 23.4 Å². The summed E-state index contributed by atoms with van der Waals surface area (Å²) in [4.78, 5) is 32.0. The molecule has 0 aliphatic carbocycles. The van der Waals surface area contributed by atoms with Crippen molar-refractivity contribution in [2.75, 3.05) is 0 Å². The number of rotatable bonds is 7. The maximum absolute atomic E-state index is 13.7. The Hall–Kier alpha value is -4.23. The lowest BCUT2D eigenvalue weighted by Crippen LogP contribution is -2.40. The van der Waals surface area contributed by atoms with E-state index >= 15 is 0 Å². The molecule has 4 aromatic rings. The Labute approximate surface area is 224 Å². The summed E-state index contributed by atoms with van der Waals surface area (Å²) in [6.07, 6.45) is 1.56. The highest BCUT2D eigenvalue weighted by atomic mass is 32.1. The summed E-state index contributed by atoms with van der Waals surface area (Å²) in [6.45, 7) is 5.88. The Kier molecular flexibility index (Phi) is 7.38. The lowest BCUT2D eigenvalue weighted by Gasteiger charge is -2.25. The van der Waals surface area contributed by atoms with E-state index in [4.69, 9.17) is 9.47 Å². The number of esters is 1. The number of thiazole rings is 1. The standard InChI is InChI=1S/C31H28N2O4S/c1-20(2)37-30(35)27-21(3)32-31-33(28(27)24-12-8-5-9-13-24)29(34)26(38-31)18-22-14-16-25(17-15-22)36-19-23-10-6-4-7-11-23/h4-18,20,28H,19H2,1-3H3. The van der Waals surface area contributed by atoms with E-state index in [-0.39, 0.29) is 11.7 Å². The van der Waals surface area contributed by atoms with Crippen molar-refractivity contribution in [2.45, 2.75) is 39.5 Å².